The van der Waals surface area contributed by atoms with Crippen LogP contribution >= 0.6 is 31.9 Å². The molecule has 6 aromatic rings. The van der Waals surface area contributed by atoms with Gasteiger partial charge in [-0.15, -0.1) is 0 Å². The topological polar surface area (TPSA) is 215 Å². The fourth-order valence-electron chi connectivity index (χ4n) is 6.95. The second-order valence-corrected chi connectivity index (χ2v) is 17.1. The molecule has 66 heavy (non-hydrogen) atoms. The molecule has 0 bridgehead atoms. The highest BCUT2D eigenvalue weighted by Gasteiger charge is 2.17. The van der Waals surface area contributed by atoms with E-state index in [9.17, 15) is 30.9 Å². The van der Waals surface area contributed by atoms with Gasteiger partial charge in [0.25, 0.3) is 0 Å². The van der Waals surface area contributed by atoms with Gasteiger partial charge in [0.05, 0.1) is 45.5 Å². The Morgan fingerprint density at radius 2 is 0.970 bits per heavy atom. The minimum atomic E-state index is -0.903. The molecule has 0 aliphatic carbocycles. The van der Waals surface area contributed by atoms with Crippen molar-refractivity contribution < 1.29 is 39.4 Å². The first-order valence-corrected chi connectivity index (χ1v) is 22.6. The van der Waals surface area contributed by atoms with Gasteiger partial charge in [0.2, 0.25) is 0 Å². The van der Waals surface area contributed by atoms with Crippen LogP contribution in [0.2, 0.25) is 0 Å². The number of aromatic nitrogens is 2. The number of hydrogen-bond donors (Lipinski definition) is 6. The maximum atomic E-state index is 9.87. The van der Waals surface area contributed by atoms with Crippen molar-refractivity contribution in [3.8, 4) is 46.3 Å². The summed E-state index contributed by atoms with van der Waals surface area (Å²) in [4.78, 5) is 8.28. The Labute approximate surface area is 400 Å². The van der Waals surface area contributed by atoms with Crippen molar-refractivity contribution in [3.05, 3.63) is 162 Å². The second kappa shape index (κ2) is 24.6. The van der Waals surface area contributed by atoms with Crippen molar-refractivity contribution in [3.63, 3.8) is 0 Å². The number of aliphatic hydroxyl groups is 4. The van der Waals surface area contributed by atoms with Crippen molar-refractivity contribution in [2.75, 3.05) is 26.3 Å². The Balaban J connectivity index is 1.18. The van der Waals surface area contributed by atoms with Gasteiger partial charge in [-0.3, -0.25) is 9.97 Å². The fourth-order valence-corrected chi connectivity index (χ4v) is 7.96. The SMILES string of the molecule is Cc1c(COc2cc(OCc3cncc(C#N)c3)c(CNC[C@@H](O)CO)cc2Br)cccc1-c1cccc(COc2cc(OCc3cncc(C#N)c3)c(CNC[C@@H](O)CO)cc2Br)c1C. The quantitative estimate of drug-likeness (QED) is 0.0374. The molecule has 0 spiro atoms. The molecule has 4 aromatic carbocycles. The Hall–Kier alpha value is -5.92. The van der Waals surface area contributed by atoms with E-state index < -0.39 is 12.2 Å². The first kappa shape index (κ1) is 49.5. The summed E-state index contributed by atoms with van der Waals surface area (Å²) in [6.45, 7) is 5.36. The van der Waals surface area contributed by atoms with Crippen LogP contribution in [-0.2, 0) is 39.5 Å². The van der Waals surface area contributed by atoms with Gasteiger partial charge in [-0.2, -0.15) is 10.5 Å². The molecule has 0 aliphatic rings. The predicted octanol–water partition coefficient (Wildman–Crippen LogP) is 7.23. The van der Waals surface area contributed by atoms with Crippen LogP contribution in [0.15, 0.2) is 107 Å². The highest BCUT2D eigenvalue weighted by atomic mass is 79.9. The van der Waals surface area contributed by atoms with Crippen LogP contribution in [0.5, 0.6) is 23.0 Å². The van der Waals surface area contributed by atoms with E-state index in [4.69, 9.17) is 18.9 Å². The molecule has 0 fully saturated rings. The lowest BCUT2D eigenvalue weighted by molar-refractivity contribution is 0.0941. The lowest BCUT2D eigenvalue weighted by Gasteiger charge is -2.19. The van der Waals surface area contributed by atoms with Crippen LogP contribution in [0.25, 0.3) is 11.1 Å². The van der Waals surface area contributed by atoms with Crippen molar-refractivity contribution in [1.82, 2.24) is 20.6 Å². The van der Waals surface area contributed by atoms with Crippen molar-refractivity contribution in [1.29, 1.82) is 10.5 Å². The van der Waals surface area contributed by atoms with Crippen LogP contribution in [0.3, 0.4) is 0 Å². The molecule has 0 aliphatic heterocycles. The number of pyridine rings is 2. The number of nitrogens with one attached hydrogen (secondary N) is 2. The zero-order chi connectivity index (χ0) is 47.0. The number of rotatable bonds is 23. The van der Waals surface area contributed by atoms with Crippen LogP contribution in [-0.4, -0.2) is 68.9 Å². The van der Waals surface area contributed by atoms with E-state index in [-0.39, 0.29) is 52.7 Å². The van der Waals surface area contributed by atoms with E-state index in [1.165, 1.54) is 12.4 Å². The van der Waals surface area contributed by atoms with Crippen LogP contribution in [0, 0.1) is 36.5 Å². The lowest BCUT2D eigenvalue weighted by atomic mass is 9.92. The smallest absolute Gasteiger partial charge is 0.137 e. The summed E-state index contributed by atoms with van der Waals surface area (Å²) in [6.07, 6.45) is 4.47. The number of benzene rings is 4. The molecular weight excluding hydrogens is 972 g/mol. The summed E-state index contributed by atoms with van der Waals surface area (Å²) < 4.78 is 26.8. The maximum Gasteiger partial charge on any atom is 0.137 e. The Morgan fingerprint density at radius 3 is 1.36 bits per heavy atom. The molecule has 2 heterocycles. The number of nitriles is 2. The van der Waals surface area contributed by atoms with E-state index in [1.54, 1.807) is 24.5 Å². The predicted molar refractivity (Wildman–Crippen MR) is 254 cm³/mol. The monoisotopic (exact) mass is 1020 g/mol. The van der Waals surface area contributed by atoms with Gasteiger partial charge >= 0.3 is 0 Å². The summed E-state index contributed by atoms with van der Waals surface area (Å²) >= 11 is 7.36. The lowest BCUT2D eigenvalue weighted by Crippen LogP contribution is -2.29. The van der Waals surface area contributed by atoms with Gasteiger partial charge in [-0.05, 0) is 103 Å². The Kier molecular flexibility index (Phi) is 18.4. The molecule has 0 saturated carbocycles. The Bertz CT molecular complexity index is 2510. The van der Waals surface area contributed by atoms with Crippen molar-refractivity contribution in [2.24, 2.45) is 0 Å². The van der Waals surface area contributed by atoms with Gasteiger partial charge in [-0.1, -0.05) is 36.4 Å². The fraction of sp³-hybridized carbons (Fsp3) is 0.280. The van der Waals surface area contributed by atoms with Crippen LogP contribution in [0.1, 0.15) is 55.6 Å². The molecule has 6 rings (SSSR count). The third-order valence-electron chi connectivity index (χ3n) is 10.6. The van der Waals surface area contributed by atoms with Gasteiger partial charge < -0.3 is 50.0 Å². The van der Waals surface area contributed by atoms with E-state index >= 15 is 0 Å². The second-order valence-electron chi connectivity index (χ2n) is 15.4. The molecule has 0 unspecified atom stereocenters. The number of halogens is 2. The summed E-state index contributed by atoms with van der Waals surface area (Å²) in [5, 5.41) is 63.3. The zero-order valence-electron chi connectivity index (χ0n) is 36.4. The number of ether oxygens (including phenoxy) is 4. The molecule has 0 amide bonds. The molecule has 14 nitrogen and oxygen atoms in total. The first-order valence-electron chi connectivity index (χ1n) is 21.0. The number of hydrogen-bond acceptors (Lipinski definition) is 14. The van der Waals surface area contributed by atoms with E-state index in [1.807, 2.05) is 48.5 Å². The molecular formula is C50H50Br2N6O8. The molecule has 2 atom stereocenters. The maximum absolute atomic E-state index is 9.87. The number of nitrogens with zero attached hydrogens (tertiary/aromatic N) is 4. The minimum absolute atomic E-state index is 0.162. The highest BCUT2D eigenvalue weighted by molar-refractivity contribution is 9.11. The summed E-state index contributed by atoms with van der Waals surface area (Å²) in [6, 6.07) is 27.3. The molecule has 6 N–H and O–H groups in total. The van der Waals surface area contributed by atoms with Crippen LogP contribution < -0.4 is 29.6 Å². The zero-order valence-corrected chi connectivity index (χ0v) is 39.6. The van der Waals surface area contributed by atoms with Crippen molar-refractivity contribution >= 4 is 31.9 Å². The average molecular weight is 1020 g/mol. The van der Waals surface area contributed by atoms with Crippen molar-refractivity contribution in [2.45, 2.75) is 65.6 Å². The molecule has 0 saturated heterocycles. The minimum Gasteiger partial charge on any atom is -0.488 e. The Morgan fingerprint density at radius 1 is 0.561 bits per heavy atom. The normalized spacial score (nSPS) is 11.9. The standard InChI is InChI=1S/C50H50Br2N6O8/c1-31-37(29-65-49-13-47(63-27-35-9-33(15-53)17-55-19-35)39(11-45(49)51)21-57-23-41(61)25-59)5-3-7-43(31)44-8-4-6-38(32(44)2)30-66-50-14-48(64-28-36-10-34(16-54)18-56-20-36)40(12-46(50)52)22-58-24-42(62)26-60/h3-14,17-20,41-42,57-62H,21-30H2,1-2H3/t41-,42-/m1/s1. The summed E-state index contributed by atoms with van der Waals surface area (Å²) in [7, 11) is 0. The van der Waals surface area contributed by atoms with E-state index in [0.717, 1.165) is 55.6 Å². The highest BCUT2D eigenvalue weighted by Crippen LogP contribution is 2.37. The van der Waals surface area contributed by atoms with Crippen LogP contribution in [0.4, 0.5) is 0 Å². The molecule has 0 radical (unpaired) electrons. The first-order chi connectivity index (χ1) is 32.0. The third kappa shape index (κ3) is 13.6. The van der Waals surface area contributed by atoms with E-state index in [2.05, 4.69) is 90.6 Å². The summed E-state index contributed by atoms with van der Waals surface area (Å²) in [5.74, 6) is 2.20. The van der Waals surface area contributed by atoms with Gasteiger partial charge in [0, 0.05) is 85.4 Å². The molecule has 2 aromatic heterocycles. The van der Waals surface area contributed by atoms with Gasteiger partial charge in [-0.25, -0.2) is 0 Å². The summed E-state index contributed by atoms with van der Waals surface area (Å²) in [5.41, 5.74) is 10.1. The van der Waals surface area contributed by atoms with Gasteiger partial charge in [0.15, 0.2) is 0 Å². The number of aliphatic hydroxyl groups excluding tert-OH is 4. The molecule has 342 valence electrons. The van der Waals surface area contributed by atoms with E-state index in [0.29, 0.717) is 56.2 Å². The third-order valence-corrected chi connectivity index (χ3v) is 11.9. The average Bonchev–Trinajstić information content (AvgIpc) is 3.33. The van der Waals surface area contributed by atoms with Gasteiger partial charge in [0.1, 0.15) is 61.6 Å². The largest absolute Gasteiger partial charge is 0.488 e. The molecule has 16 heteroatoms.